The first kappa shape index (κ1) is 37.3. The van der Waals surface area contributed by atoms with Gasteiger partial charge in [0, 0.05) is 27.8 Å². The SMILES string of the molecule is CC(C)(C)OC(=O)N1CCCc2sc(C(=O)NCC(=O)c3ccc(OC(C(=O)[O-])(C(C)(C)C)C(C)(C)C)c(OCC(=O)[O-])c3)cc2C1. The van der Waals surface area contributed by atoms with E-state index in [1.54, 1.807) is 73.3 Å². The fourth-order valence-corrected chi connectivity index (χ4v) is 6.87. The molecule has 1 aromatic heterocycles. The van der Waals surface area contributed by atoms with Crippen molar-refractivity contribution in [3.05, 3.63) is 45.1 Å². The molecule has 0 fully saturated rings. The van der Waals surface area contributed by atoms with Crippen molar-refractivity contribution >= 4 is 41.1 Å². The molecule has 0 radical (unpaired) electrons. The maximum atomic E-state index is 13.2. The van der Waals surface area contributed by atoms with Crippen molar-refractivity contribution in [1.82, 2.24) is 10.2 Å². The first-order valence-electron chi connectivity index (χ1n) is 15.3. The number of carboxylic acid groups (broad SMARTS) is 2. The second-order valence-corrected chi connectivity index (χ2v) is 15.7. The van der Waals surface area contributed by atoms with E-state index in [1.165, 1.54) is 29.5 Å². The lowest BCUT2D eigenvalue weighted by molar-refractivity contribution is -0.337. The van der Waals surface area contributed by atoms with Gasteiger partial charge in [-0.2, -0.15) is 0 Å². The van der Waals surface area contributed by atoms with Crippen LogP contribution in [-0.4, -0.2) is 65.5 Å². The van der Waals surface area contributed by atoms with Crippen LogP contribution in [0.5, 0.6) is 11.5 Å². The molecule has 2 heterocycles. The van der Waals surface area contributed by atoms with E-state index in [9.17, 15) is 34.2 Å². The number of ketones is 1. The zero-order valence-electron chi connectivity index (χ0n) is 28.5. The maximum Gasteiger partial charge on any atom is 0.410 e. The van der Waals surface area contributed by atoms with E-state index in [0.29, 0.717) is 30.8 Å². The minimum absolute atomic E-state index is 0.0616. The van der Waals surface area contributed by atoms with E-state index in [4.69, 9.17) is 14.2 Å². The van der Waals surface area contributed by atoms with Crippen LogP contribution >= 0.6 is 11.3 Å². The van der Waals surface area contributed by atoms with Crippen LogP contribution in [0, 0.1) is 10.8 Å². The number of carbonyl (C=O) groups excluding carboxylic acids is 5. The summed E-state index contributed by atoms with van der Waals surface area (Å²) in [6, 6.07) is 5.65. The molecule has 47 heavy (non-hydrogen) atoms. The molecule has 12 nitrogen and oxygen atoms in total. The van der Waals surface area contributed by atoms with Gasteiger partial charge in [-0.25, -0.2) is 4.79 Å². The number of Topliss-reactive ketones (excluding diaryl/α,β-unsaturated/α-hetero) is 1. The first-order chi connectivity index (χ1) is 21.6. The van der Waals surface area contributed by atoms with Crippen molar-refractivity contribution in [2.45, 2.75) is 92.9 Å². The Kier molecular flexibility index (Phi) is 11.1. The molecule has 0 saturated heterocycles. The van der Waals surface area contributed by atoms with Gasteiger partial charge in [-0.05, 0) is 63.4 Å². The van der Waals surface area contributed by atoms with Crippen LogP contribution in [-0.2, 0) is 27.3 Å². The number of rotatable bonds is 10. The number of ether oxygens (including phenoxy) is 3. The number of thiophene rings is 1. The summed E-state index contributed by atoms with van der Waals surface area (Å²) >= 11 is 1.30. The van der Waals surface area contributed by atoms with E-state index >= 15 is 0 Å². The molecule has 2 aromatic rings. The monoisotopic (exact) mass is 672 g/mol. The molecule has 0 spiro atoms. The van der Waals surface area contributed by atoms with Gasteiger partial charge in [-0.15, -0.1) is 11.3 Å². The minimum Gasteiger partial charge on any atom is -0.546 e. The Morgan fingerprint density at radius 2 is 1.55 bits per heavy atom. The predicted molar refractivity (Wildman–Crippen MR) is 170 cm³/mol. The fraction of sp³-hybridized carbons (Fsp3) is 0.559. The topological polar surface area (TPSA) is 174 Å². The van der Waals surface area contributed by atoms with Gasteiger partial charge in [-0.3, -0.25) is 9.59 Å². The highest BCUT2D eigenvalue weighted by Gasteiger charge is 2.55. The molecule has 0 bridgehead atoms. The van der Waals surface area contributed by atoms with Crippen molar-refractivity contribution in [2.75, 3.05) is 19.7 Å². The highest BCUT2D eigenvalue weighted by molar-refractivity contribution is 7.14. The fourth-order valence-electron chi connectivity index (χ4n) is 5.74. The standard InChI is InChI=1S/C34H46N2O10S/c1-31(2,3)34(29(41)42,32(4,5)6)45-23-13-12-20(15-24(23)44-19-27(38)39)22(37)17-35-28(40)26-16-21-18-36(14-10-11-25(21)47-26)30(43)46-33(7,8)9/h12-13,15-16H,10-11,14,17-19H2,1-9H3,(H,35,40)(H,38,39)(H,41,42)/p-2. The number of hydrogen-bond acceptors (Lipinski definition) is 11. The normalized spacial score (nSPS) is 14.0. The summed E-state index contributed by atoms with van der Waals surface area (Å²) in [5.74, 6) is -4.31. The van der Waals surface area contributed by atoms with Gasteiger partial charge in [0.15, 0.2) is 22.9 Å². The molecule has 1 aromatic carbocycles. The zero-order valence-corrected chi connectivity index (χ0v) is 29.3. The molecule has 1 aliphatic rings. The van der Waals surface area contributed by atoms with Gasteiger partial charge in [0.25, 0.3) is 5.91 Å². The third-order valence-electron chi connectivity index (χ3n) is 7.65. The molecule has 0 aliphatic carbocycles. The van der Waals surface area contributed by atoms with E-state index in [2.05, 4.69) is 5.32 Å². The van der Waals surface area contributed by atoms with Crippen molar-refractivity contribution in [2.24, 2.45) is 10.8 Å². The number of benzene rings is 1. The molecular formula is C34H44N2O10S-2. The number of amides is 2. The molecule has 3 rings (SSSR count). The molecule has 0 unspecified atom stereocenters. The predicted octanol–water partition coefficient (Wildman–Crippen LogP) is 3.13. The molecule has 1 N–H and O–H groups in total. The smallest absolute Gasteiger partial charge is 0.410 e. The summed E-state index contributed by atoms with van der Waals surface area (Å²) in [5.41, 5.74) is -3.62. The average molecular weight is 673 g/mol. The summed E-state index contributed by atoms with van der Waals surface area (Å²) < 4.78 is 17.0. The number of fused-ring (bicyclic) bond motifs is 1. The second-order valence-electron chi connectivity index (χ2n) is 14.6. The molecule has 2 amide bonds. The Morgan fingerprint density at radius 3 is 2.11 bits per heavy atom. The summed E-state index contributed by atoms with van der Waals surface area (Å²) in [6.07, 6.45) is 0.983. The highest BCUT2D eigenvalue weighted by atomic mass is 32.1. The van der Waals surface area contributed by atoms with Gasteiger partial charge in [0.1, 0.15) is 12.2 Å². The van der Waals surface area contributed by atoms with Gasteiger partial charge < -0.3 is 44.2 Å². The van der Waals surface area contributed by atoms with Crippen molar-refractivity contribution in [3.63, 3.8) is 0 Å². The maximum absolute atomic E-state index is 13.2. The lowest BCUT2D eigenvalue weighted by Gasteiger charge is -2.53. The van der Waals surface area contributed by atoms with Crippen LogP contribution < -0.4 is 25.0 Å². The van der Waals surface area contributed by atoms with Crippen molar-refractivity contribution in [3.8, 4) is 11.5 Å². The molecule has 0 atom stereocenters. The zero-order chi connectivity index (χ0) is 35.5. The molecule has 258 valence electrons. The Balaban J connectivity index is 1.80. The van der Waals surface area contributed by atoms with Crippen LogP contribution in [0.2, 0.25) is 0 Å². The second kappa shape index (κ2) is 13.9. The summed E-state index contributed by atoms with van der Waals surface area (Å²) in [5, 5.41) is 26.4. The third-order valence-corrected chi connectivity index (χ3v) is 8.88. The number of carbonyl (C=O) groups is 5. The van der Waals surface area contributed by atoms with Gasteiger partial charge in [-0.1, -0.05) is 41.5 Å². The van der Waals surface area contributed by atoms with Crippen LogP contribution in [0.1, 0.15) is 99.2 Å². The molecule has 1 aliphatic heterocycles. The Bertz CT molecular complexity index is 1510. The largest absolute Gasteiger partial charge is 0.546 e. The number of carboxylic acids is 2. The van der Waals surface area contributed by atoms with Crippen LogP contribution in [0.25, 0.3) is 0 Å². The lowest BCUT2D eigenvalue weighted by atomic mass is 9.62. The van der Waals surface area contributed by atoms with Gasteiger partial charge in [0.05, 0.1) is 29.9 Å². The van der Waals surface area contributed by atoms with Gasteiger partial charge in [0.2, 0.25) is 0 Å². The van der Waals surface area contributed by atoms with E-state index in [0.717, 1.165) is 10.4 Å². The summed E-state index contributed by atoms with van der Waals surface area (Å²) in [7, 11) is 0. The van der Waals surface area contributed by atoms with Crippen molar-refractivity contribution in [1.29, 1.82) is 0 Å². The number of hydrogen-bond donors (Lipinski definition) is 1. The first-order valence-corrected chi connectivity index (χ1v) is 16.2. The summed E-state index contributed by atoms with van der Waals surface area (Å²) in [4.78, 5) is 65.7. The van der Waals surface area contributed by atoms with E-state index < -0.39 is 64.9 Å². The molecule has 0 saturated carbocycles. The Labute approximate surface area is 279 Å². The highest BCUT2D eigenvalue weighted by Crippen LogP contribution is 2.48. The number of aliphatic carboxylic acids is 2. The van der Waals surface area contributed by atoms with E-state index in [-0.39, 0.29) is 17.1 Å². The summed E-state index contributed by atoms with van der Waals surface area (Å²) in [6.45, 7) is 15.0. The minimum atomic E-state index is -1.90. The van der Waals surface area contributed by atoms with Crippen LogP contribution in [0.15, 0.2) is 24.3 Å². The average Bonchev–Trinajstić information content (AvgIpc) is 3.22. The Hall–Kier alpha value is -4.13. The van der Waals surface area contributed by atoms with Crippen LogP contribution in [0.4, 0.5) is 4.79 Å². The number of nitrogens with one attached hydrogen (secondary N) is 1. The lowest BCUT2D eigenvalue weighted by Crippen LogP contribution is -2.67. The third kappa shape index (κ3) is 8.82. The van der Waals surface area contributed by atoms with Crippen molar-refractivity contribution < 1.29 is 48.4 Å². The molecule has 13 heteroatoms. The number of aryl methyl sites for hydroxylation is 1. The number of nitrogens with zero attached hydrogens (tertiary/aromatic N) is 1. The van der Waals surface area contributed by atoms with E-state index in [1.807, 2.05) is 0 Å². The molecular weight excluding hydrogens is 628 g/mol. The van der Waals surface area contributed by atoms with Crippen LogP contribution in [0.3, 0.4) is 0 Å². The quantitative estimate of drug-likeness (QED) is 0.369. The Morgan fingerprint density at radius 1 is 0.915 bits per heavy atom. The van der Waals surface area contributed by atoms with Gasteiger partial charge >= 0.3 is 6.09 Å².